The molecule has 9 heteroatoms. The number of carbonyl (C=O) groups is 3. The zero-order valence-corrected chi connectivity index (χ0v) is 24.5. The Labute approximate surface area is 227 Å². The highest BCUT2D eigenvalue weighted by Gasteiger charge is 2.31. The van der Waals surface area contributed by atoms with Crippen LogP contribution in [0.25, 0.3) is 0 Å². The van der Waals surface area contributed by atoms with E-state index in [9.17, 15) is 24.6 Å². The number of amides is 2. The molecule has 0 aliphatic carbocycles. The van der Waals surface area contributed by atoms with Crippen molar-refractivity contribution in [3.05, 3.63) is 29.3 Å². The second-order valence-corrected chi connectivity index (χ2v) is 12.4. The van der Waals surface area contributed by atoms with Gasteiger partial charge < -0.3 is 30.3 Å². The third-order valence-electron chi connectivity index (χ3n) is 6.43. The van der Waals surface area contributed by atoms with Crippen molar-refractivity contribution in [2.45, 2.75) is 105 Å². The first-order valence-corrected chi connectivity index (χ1v) is 13.3. The zero-order valence-electron chi connectivity index (χ0n) is 24.5. The molecule has 1 aromatic rings. The van der Waals surface area contributed by atoms with E-state index in [1.165, 1.54) is 6.92 Å². The molecule has 0 bridgehead atoms. The average molecular weight is 537 g/mol. The third-order valence-corrected chi connectivity index (χ3v) is 6.43. The van der Waals surface area contributed by atoms with E-state index in [0.29, 0.717) is 25.0 Å². The Bertz CT molecular complexity index is 918. The molecule has 0 aromatic heterocycles. The lowest BCUT2D eigenvalue weighted by molar-refractivity contribution is -0.142. The van der Waals surface area contributed by atoms with Crippen LogP contribution in [0.1, 0.15) is 86.3 Å². The number of carboxylic acids is 1. The van der Waals surface area contributed by atoms with Crippen LogP contribution >= 0.6 is 0 Å². The minimum atomic E-state index is -1.06. The quantitative estimate of drug-likeness (QED) is 0.155. The van der Waals surface area contributed by atoms with Gasteiger partial charge in [-0.3, -0.25) is 9.59 Å². The van der Waals surface area contributed by atoms with Crippen LogP contribution in [0.5, 0.6) is 5.75 Å². The molecule has 0 aliphatic rings. The van der Waals surface area contributed by atoms with E-state index in [2.05, 4.69) is 51.3 Å². The maximum atomic E-state index is 12.6. The Morgan fingerprint density at radius 1 is 1.05 bits per heavy atom. The van der Waals surface area contributed by atoms with Crippen LogP contribution in [-0.2, 0) is 26.2 Å². The van der Waals surface area contributed by atoms with Crippen molar-refractivity contribution in [1.82, 2.24) is 10.6 Å². The van der Waals surface area contributed by atoms with Gasteiger partial charge in [-0.2, -0.15) is 0 Å². The number of hydrogen-bond donors (Lipinski definition) is 4. The zero-order chi connectivity index (χ0) is 29.3. The van der Waals surface area contributed by atoms with Gasteiger partial charge in [-0.25, -0.2) is 4.79 Å². The van der Waals surface area contributed by atoms with Crippen LogP contribution < -0.4 is 15.4 Å². The molecule has 4 atom stereocenters. The van der Waals surface area contributed by atoms with Gasteiger partial charge in [0.15, 0.2) is 6.73 Å². The second kappa shape index (κ2) is 14.4. The number of aliphatic hydroxyl groups excluding tert-OH is 1. The van der Waals surface area contributed by atoms with Crippen LogP contribution in [0.4, 0.5) is 4.79 Å². The summed E-state index contributed by atoms with van der Waals surface area (Å²) in [5.74, 6) is -0.840. The summed E-state index contributed by atoms with van der Waals surface area (Å²) in [5, 5.41) is 25.6. The van der Waals surface area contributed by atoms with Gasteiger partial charge in [0.2, 0.25) is 6.41 Å². The molecule has 0 aliphatic heterocycles. The molecule has 1 unspecified atom stereocenters. The summed E-state index contributed by atoms with van der Waals surface area (Å²) >= 11 is 0. The fourth-order valence-corrected chi connectivity index (χ4v) is 4.20. The molecule has 0 saturated heterocycles. The summed E-state index contributed by atoms with van der Waals surface area (Å²) in [4.78, 5) is 34.7. The molecule has 2 amide bonds. The minimum absolute atomic E-state index is 0.00259. The summed E-state index contributed by atoms with van der Waals surface area (Å²) < 4.78 is 11.3. The van der Waals surface area contributed by atoms with E-state index >= 15 is 0 Å². The summed E-state index contributed by atoms with van der Waals surface area (Å²) in [7, 11) is 0. The third kappa shape index (κ3) is 11.7. The van der Waals surface area contributed by atoms with Gasteiger partial charge >= 0.3 is 12.1 Å². The number of rotatable bonds is 14. The number of benzene rings is 1. The van der Waals surface area contributed by atoms with Crippen molar-refractivity contribution in [2.75, 3.05) is 6.73 Å². The molecule has 0 fully saturated rings. The van der Waals surface area contributed by atoms with Crippen molar-refractivity contribution in [3.8, 4) is 5.75 Å². The minimum Gasteiger partial charge on any atom is -0.481 e. The fraction of sp³-hybridized carbons (Fsp3) is 0.690. The number of hydrogen-bond acceptors (Lipinski definition) is 6. The SMILES string of the molecule is CC(C[C@H](O)[C@H](C[C@H](Cc1ccc(C(C)(C)C)c(OCNC=O)c1)C(C)C)NC(=O)OC(C)(C)C)C(=O)O. The number of aliphatic carboxylic acids is 1. The van der Waals surface area contributed by atoms with Gasteiger partial charge in [0.25, 0.3) is 0 Å². The lowest BCUT2D eigenvalue weighted by Crippen LogP contribution is -2.47. The Hall–Kier alpha value is -2.81. The first-order chi connectivity index (χ1) is 17.4. The first kappa shape index (κ1) is 33.2. The van der Waals surface area contributed by atoms with Gasteiger partial charge in [-0.1, -0.05) is 53.7 Å². The van der Waals surface area contributed by atoms with Gasteiger partial charge in [-0.15, -0.1) is 0 Å². The van der Waals surface area contributed by atoms with Crippen LogP contribution in [0, 0.1) is 17.8 Å². The molecular formula is C29H48N2O7. The largest absolute Gasteiger partial charge is 0.481 e. The molecule has 9 nitrogen and oxygen atoms in total. The number of carboxylic acid groups (broad SMARTS) is 1. The molecule has 0 saturated carbocycles. The Kier molecular flexibility index (Phi) is 12.6. The van der Waals surface area contributed by atoms with E-state index in [1.54, 1.807) is 20.8 Å². The van der Waals surface area contributed by atoms with Crippen LogP contribution in [0.3, 0.4) is 0 Å². The molecule has 0 spiro atoms. The van der Waals surface area contributed by atoms with E-state index in [1.807, 2.05) is 12.1 Å². The van der Waals surface area contributed by atoms with Crippen molar-refractivity contribution in [2.24, 2.45) is 17.8 Å². The summed E-state index contributed by atoms with van der Waals surface area (Å²) in [6, 6.07) is 5.36. The number of nitrogens with one attached hydrogen (secondary N) is 2. The molecule has 0 radical (unpaired) electrons. The Balaban J connectivity index is 3.23. The molecule has 4 N–H and O–H groups in total. The summed E-state index contributed by atoms with van der Waals surface area (Å²) in [6.07, 6.45) is -0.0557. The molecule has 38 heavy (non-hydrogen) atoms. The van der Waals surface area contributed by atoms with Gasteiger partial charge in [0, 0.05) is 0 Å². The maximum absolute atomic E-state index is 12.6. The van der Waals surface area contributed by atoms with E-state index in [-0.39, 0.29) is 30.4 Å². The van der Waals surface area contributed by atoms with E-state index in [0.717, 1.165) is 11.1 Å². The van der Waals surface area contributed by atoms with Crippen molar-refractivity contribution < 1.29 is 34.1 Å². The molecule has 216 valence electrons. The average Bonchev–Trinajstić information content (AvgIpc) is 2.76. The van der Waals surface area contributed by atoms with Crippen LogP contribution in [-0.4, -0.2) is 53.2 Å². The van der Waals surface area contributed by atoms with Gasteiger partial charge in [-0.05, 0) is 74.5 Å². The highest BCUT2D eigenvalue weighted by molar-refractivity contribution is 5.70. The molecule has 1 rings (SSSR count). The van der Waals surface area contributed by atoms with Crippen molar-refractivity contribution >= 4 is 18.5 Å². The van der Waals surface area contributed by atoms with Crippen molar-refractivity contribution in [1.29, 1.82) is 0 Å². The van der Waals surface area contributed by atoms with E-state index < -0.39 is 35.7 Å². The van der Waals surface area contributed by atoms with Gasteiger partial charge in [0.05, 0.1) is 18.1 Å². The topological polar surface area (TPSA) is 134 Å². The van der Waals surface area contributed by atoms with Crippen molar-refractivity contribution in [3.63, 3.8) is 0 Å². The lowest BCUT2D eigenvalue weighted by atomic mass is 9.80. The summed E-state index contributed by atoms with van der Waals surface area (Å²) in [5.41, 5.74) is 1.15. The number of ether oxygens (including phenoxy) is 2. The fourth-order valence-electron chi connectivity index (χ4n) is 4.20. The first-order valence-electron chi connectivity index (χ1n) is 13.3. The molecular weight excluding hydrogens is 488 g/mol. The normalized spacial score (nSPS) is 15.2. The predicted octanol–water partition coefficient (Wildman–Crippen LogP) is 4.64. The highest BCUT2D eigenvalue weighted by Crippen LogP contribution is 2.34. The second-order valence-electron chi connectivity index (χ2n) is 12.4. The number of aliphatic hydroxyl groups is 1. The van der Waals surface area contributed by atoms with Crippen LogP contribution in [0.2, 0.25) is 0 Å². The number of carbonyl (C=O) groups excluding carboxylic acids is 2. The Morgan fingerprint density at radius 3 is 2.18 bits per heavy atom. The standard InChI is InChI=1S/C29H48N2O7/c1-18(2)21(13-20-10-11-22(28(4,5)6)25(14-20)37-17-30-16-32)15-23(24(33)12-19(3)26(34)35)31-27(36)38-29(7,8)9/h10-11,14,16,18-19,21,23-24,33H,12-13,15,17H2,1-9H3,(H,30,32)(H,31,36)(H,34,35)/t19?,21-,23-,24-/m0/s1. The predicted molar refractivity (Wildman–Crippen MR) is 147 cm³/mol. The smallest absolute Gasteiger partial charge is 0.407 e. The lowest BCUT2D eigenvalue weighted by Gasteiger charge is -2.32. The van der Waals surface area contributed by atoms with Crippen LogP contribution in [0.15, 0.2) is 18.2 Å². The highest BCUT2D eigenvalue weighted by atomic mass is 16.6. The molecule has 1 aromatic carbocycles. The molecule has 0 heterocycles. The van der Waals surface area contributed by atoms with Gasteiger partial charge in [0.1, 0.15) is 11.4 Å². The van der Waals surface area contributed by atoms with E-state index in [4.69, 9.17) is 9.47 Å². The maximum Gasteiger partial charge on any atom is 0.407 e. The number of alkyl carbamates (subject to hydrolysis) is 1. The monoisotopic (exact) mass is 536 g/mol. The Morgan fingerprint density at radius 2 is 1.68 bits per heavy atom. The summed E-state index contributed by atoms with van der Waals surface area (Å²) in [6.45, 7) is 17.3.